The first-order valence-corrected chi connectivity index (χ1v) is 9.33. The summed E-state index contributed by atoms with van der Waals surface area (Å²) in [5.74, 6) is 3.51. The van der Waals surface area contributed by atoms with Gasteiger partial charge >= 0.3 is 0 Å². The maximum Gasteiger partial charge on any atom is 0.168 e. The highest BCUT2D eigenvalue weighted by Gasteiger charge is 2.22. The van der Waals surface area contributed by atoms with E-state index in [0.29, 0.717) is 0 Å². The van der Waals surface area contributed by atoms with Gasteiger partial charge in [-0.1, -0.05) is 13.8 Å². The van der Waals surface area contributed by atoms with Crippen LogP contribution >= 0.6 is 0 Å². The number of benzene rings is 1. The van der Waals surface area contributed by atoms with Crippen molar-refractivity contribution in [2.24, 2.45) is 5.92 Å². The van der Waals surface area contributed by atoms with Gasteiger partial charge in [-0.3, -0.25) is 0 Å². The third-order valence-electron chi connectivity index (χ3n) is 5.17. The number of hydrogen-bond acceptors (Lipinski definition) is 5. The lowest BCUT2D eigenvalue weighted by molar-refractivity contribution is 0.414. The Balaban J connectivity index is 1.80. The third kappa shape index (κ3) is 3.00. The van der Waals surface area contributed by atoms with Crippen LogP contribution < -0.4 is 9.64 Å². The molecule has 1 aliphatic heterocycles. The van der Waals surface area contributed by atoms with E-state index in [1.807, 2.05) is 35.1 Å². The average Bonchev–Trinajstić information content (AvgIpc) is 3.12. The van der Waals surface area contributed by atoms with E-state index < -0.39 is 0 Å². The molecule has 2 aromatic heterocycles. The zero-order chi connectivity index (χ0) is 18.1. The second-order valence-corrected chi connectivity index (χ2v) is 6.98. The molecule has 0 spiro atoms. The molecule has 0 bridgehead atoms. The van der Waals surface area contributed by atoms with Gasteiger partial charge in [-0.05, 0) is 43.0 Å². The Morgan fingerprint density at radius 2 is 1.85 bits per heavy atom. The lowest BCUT2D eigenvalue weighted by atomic mass is 9.99. The standard InChI is InChI=1S/C20H25N5O/c1-4-18-22-19(24-11-9-14(2)10-12-24)17-13-21-25(20(17)23-18)15-5-7-16(26-3)8-6-15/h5-8,13-14H,4,9-12H2,1-3H3. The van der Waals surface area contributed by atoms with E-state index in [0.717, 1.165) is 59.5 Å². The van der Waals surface area contributed by atoms with Crippen molar-refractivity contribution in [1.29, 1.82) is 0 Å². The fourth-order valence-electron chi connectivity index (χ4n) is 3.47. The maximum absolute atomic E-state index is 5.26. The number of nitrogens with zero attached hydrogens (tertiary/aromatic N) is 5. The Morgan fingerprint density at radius 3 is 2.50 bits per heavy atom. The summed E-state index contributed by atoms with van der Waals surface area (Å²) >= 11 is 0. The van der Waals surface area contributed by atoms with Crippen LogP contribution in [0.1, 0.15) is 32.5 Å². The molecular formula is C20H25N5O. The normalized spacial score (nSPS) is 15.6. The first-order valence-electron chi connectivity index (χ1n) is 9.33. The predicted molar refractivity (Wildman–Crippen MR) is 103 cm³/mol. The number of aromatic nitrogens is 4. The fraction of sp³-hybridized carbons (Fsp3) is 0.450. The van der Waals surface area contributed by atoms with Crippen LogP contribution in [0.5, 0.6) is 5.75 Å². The van der Waals surface area contributed by atoms with Crippen LogP contribution in [0.15, 0.2) is 30.5 Å². The zero-order valence-corrected chi connectivity index (χ0v) is 15.6. The molecule has 1 fully saturated rings. The van der Waals surface area contributed by atoms with Crippen molar-refractivity contribution in [3.8, 4) is 11.4 Å². The molecular weight excluding hydrogens is 326 g/mol. The molecule has 0 radical (unpaired) electrons. The molecule has 3 aromatic rings. The summed E-state index contributed by atoms with van der Waals surface area (Å²) in [5, 5.41) is 5.63. The van der Waals surface area contributed by atoms with Crippen molar-refractivity contribution in [2.75, 3.05) is 25.1 Å². The number of fused-ring (bicyclic) bond motifs is 1. The molecule has 3 heterocycles. The Kier molecular flexibility index (Phi) is 4.49. The Bertz CT molecular complexity index is 894. The quantitative estimate of drug-likeness (QED) is 0.718. The monoisotopic (exact) mass is 351 g/mol. The number of piperidine rings is 1. The van der Waals surface area contributed by atoms with Gasteiger partial charge in [0.2, 0.25) is 0 Å². The number of aryl methyl sites for hydroxylation is 1. The van der Waals surface area contributed by atoms with Crippen molar-refractivity contribution in [3.05, 3.63) is 36.3 Å². The number of methoxy groups -OCH3 is 1. The highest BCUT2D eigenvalue weighted by atomic mass is 16.5. The minimum absolute atomic E-state index is 0.788. The number of hydrogen-bond donors (Lipinski definition) is 0. The van der Waals surface area contributed by atoms with E-state index in [2.05, 4.69) is 23.8 Å². The van der Waals surface area contributed by atoms with Gasteiger partial charge in [0.1, 0.15) is 17.4 Å². The summed E-state index contributed by atoms with van der Waals surface area (Å²) in [6.07, 6.45) is 5.12. The molecule has 136 valence electrons. The second kappa shape index (κ2) is 6.94. The molecule has 1 saturated heterocycles. The van der Waals surface area contributed by atoms with Crippen molar-refractivity contribution >= 4 is 16.9 Å². The van der Waals surface area contributed by atoms with Crippen LogP contribution in [-0.2, 0) is 6.42 Å². The Hall–Kier alpha value is -2.63. The topological polar surface area (TPSA) is 56.1 Å². The van der Waals surface area contributed by atoms with Crippen LogP contribution in [-0.4, -0.2) is 39.9 Å². The molecule has 0 amide bonds. The summed E-state index contributed by atoms with van der Waals surface area (Å²) in [7, 11) is 1.67. The van der Waals surface area contributed by atoms with E-state index >= 15 is 0 Å². The SMILES string of the molecule is CCc1nc(N2CCC(C)CC2)c2cnn(-c3ccc(OC)cc3)c2n1. The number of anilines is 1. The van der Waals surface area contributed by atoms with Gasteiger partial charge in [-0.25, -0.2) is 14.6 Å². The van der Waals surface area contributed by atoms with Crippen LogP contribution in [0.2, 0.25) is 0 Å². The molecule has 0 atom stereocenters. The predicted octanol–water partition coefficient (Wildman–Crippen LogP) is 3.62. The molecule has 6 nitrogen and oxygen atoms in total. The molecule has 0 unspecified atom stereocenters. The third-order valence-corrected chi connectivity index (χ3v) is 5.17. The first kappa shape index (κ1) is 16.8. The average molecular weight is 351 g/mol. The van der Waals surface area contributed by atoms with E-state index in [1.165, 1.54) is 12.8 Å². The summed E-state index contributed by atoms with van der Waals surface area (Å²) in [5.41, 5.74) is 1.84. The van der Waals surface area contributed by atoms with E-state index in [1.54, 1.807) is 7.11 Å². The van der Waals surface area contributed by atoms with E-state index in [-0.39, 0.29) is 0 Å². The smallest absolute Gasteiger partial charge is 0.168 e. The summed E-state index contributed by atoms with van der Waals surface area (Å²) in [6.45, 7) is 6.51. The second-order valence-electron chi connectivity index (χ2n) is 6.98. The molecule has 6 heteroatoms. The van der Waals surface area contributed by atoms with Gasteiger partial charge in [0.15, 0.2) is 5.65 Å². The van der Waals surface area contributed by atoms with Crippen molar-refractivity contribution in [3.63, 3.8) is 0 Å². The minimum Gasteiger partial charge on any atom is -0.497 e. The Labute approximate surface area is 153 Å². The van der Waals surface area contributed by atoms with Crippen LogP contribution in [0, 0.1) is 5.92 Å². The molecule has 1 aliphatic rings. The summed E-state index contributed by atoms with van der Waals surface area (Å²) in [4.78, 5) is 12.0. The highest BCUT2D eigenvalue weighted by Crippen LogP contribution is 2.29. The fourth-order valence-corrected chi connectivity index (χ4v) is 3.47. The van der Waals surface area contributed by atoms with Gasteiger partial charge in [0.25, 0.3) is 0 Å². The van der Waals surface area contributed by atoms with Crippen LogP contribution in [0.4, 0.5) is 5.82 Å². The van der Waals surface area contributed by atoms with E-state index in [9.17, 15) is 0 Å². The van der Waals surface area contributed by atoms with Gasteiger partial charge in [-0.15, -0.1) is 0 Å². The lowest BCUT2D eigenvalue weighted by Crippen LogP contribution is -2.33. The Morgan fingerprint density at radius 1 is 1.12 bits per heavy atom. The molecule has 0 N–H and O–H groups in total. The van der Waals surface area contributed by atoms with Gasteiger partial charge in [-0.2, -0.15) is 5.10 Å². The molecule has 26 heavy (non-hydrogen) atoms. The largest absolute Gasteiger partial charge is 0.497 e. The highest BCUT2D eigenvalue weighted by molar-refractivity contribution is 5.88. The number of rotatable bonds is 4. The summed E-state index contributed by atoms with van der Waals surface area (Å²) < 4.78 is 7.15. The molecule has 0 aliphatic carbocycles. The van der Waals surface area contributed by atoms with Crippen molar-refractivity contribution < 1.29 is 4.74 Å². The van der Waals surface area contributed by atoms with Gasteiger partial charge in [0.05, 0.1) is 24.4 Å². The molecule has 0 saturated carbocycles. The number of ether oxygens (including phenoxy) is 1. The lowest BCUT2D eigenvalue weighted by Gasteiger charge is -2.31. The molecule has 4 rings (SSSR count). The van der Waals surface area contributed by atoms with E-state index in [4.69, 9.17) is 14.7 Å². The van der Waals surface area contributed by atoms with Crippen LogP contribution in [0.25, 0.3) is 16.7 Å². The molecule has 1 aromatic carbocycles. The summed E-state index contributed by atoms with van der Waals surface area (Å²) in [6, 6.07) is 7.89. The minimum atomic E-state index is 0.788. The van der Waals surface area contributed by atoms with Gasteiger partial charge < -0.3 is 9.64 Å². The maximum atomic E-state index is 5.26. The van der Waals surface area contributed by atoms with Crippen molar-refractivity contribution in [2.45, 2.75) is 33.1 Å². The first-order chi connectivity index (χ1) is 12.7. The van der Waals surface area contributed by atoms with Crippen LogP contribution in [0.3, 0.4) is 0 Å². The van der Waals surface area contributed by atoms with Gasteiger partial charge in [0, 0.05) is 19.5 Å². The zero-order valence-electron chi connectivity index (χ0n) is 15.6. The van der Waals surface area contributed by atoms with Crippen molar-refractivity contribution in [1.82, 2.24) is 19.7 Å².